The van der Waals surface area contributed by atoms with E-state index < -0.39 is 11.7 Å². The van der Waals surface area contributed by atoms with E-state index in [0.29, 0.717) is 34.5 Å². The Labute approximate surface area is 187 Å². The topological polar surface area (TPSA) is 87.7 Å². The molecule has 1 aromatic carbocycles. The molecule has 1 saturated carbocycles. The molecule has 1 saturated heterocycles. The van der Waals surface area contributed by atoms with E-state index in [0.717, 1.165) is 12.8 Å². The lowest BCUT2D eigenvalue weighted by atomic mass is 10.1. The first kappa shape index (κ1) is 21.7. The smallest absolute Gasteiger partial charge is 0.261 e. The van der Waals surface area contributed by atoms with Gasteiger partial charge in [-0.3, -0.25) is 14.4 Å². The van der Waals surface area contributed by atoms with E-state index in [1.54, 1.807) is 18.2 Å². The van der Waals surface area contributed by atoms with Crippen molar-refractivity contribution in [2.75, 3.05) is 24.7 Å². The van der Waals surface area contributed by atoms with E-state index >= 15 is 0 Å². The minimum Gasteiger partial charge on any atom is -0.370 e. The zero-order valence-corrected chi connectivity index (χ0v) is 18.1. The first-order valence-electron chi connectivity index (χ1n) is 9.97. The number of nitrogens with one attached hydrogen (secondary N) is 2. The van der Waals surface area contributed by atoms with Gasteiger partial charge in [0, 0.05) is 24.3 Å². The number of rotatable bonds is 5. The molecule has 0 radical (unpaired) electrons. The second kappa shape index (κ2) is 9.33. The van der Waals surface area contributed by atoms with Crippen molar-refractivity contribution in [1.29, 1.82) is 0 Å². The molecule has 1 aliphatic carbocycles. The van der Waals surface area contributed by atoms with Crippen molar-refractivity contribution in [1.82, 2.24) is 10.6 Å². The maximum absolute atomic E-state index is 14.7. The van der Waals surface area contributed by atoms with Gasteiger partial charge in [0.15, 0.2) is 0 Å². The highest BCUT2D eigenvalue weighted by molar-refractivity contribution is 7.18. The quantitative estimate of drug-likeness (QED) is 0.710. The number of hydrogen-bond acceptors (Lipinski definition) is 5. The van der Waals surface area contributed by atoms with Crippen LogP contribution in [0.3, 0.4) is 0 Å². The number of carbonyl (C=O) groups is 3. The van der Waals surface area contributed by atoms with E-state index in [1.165, 1.54) is 28.4 Å². The van der Waals surface area contributed by atoms with Gasteiger partial charge in [-0.15, -0.1) is 11.3 Å². The molecule has 1 aromatic heterocycles. The number of amides is 3. The number of hydrogen-bond donors (Lipinski definition) is 2. The third kappa shape index (κ3) is 4.89. The summed E-state index contributed by atoms with van der Waals surface area (Å²) in [7, 11) is 0. The molecule has 0 spiro atoms. The van der Waals surface area contributed by atoms with Crippen molar-refractivity contribution < 1.29 is 23.5 Å². The summed E-state index contributed by atoms with van der Waals surface area (Å²) in [6, 6.07) is 6.88. The van der Waals surface area contributed by atoms with Gasteiger partial charge in [0.1, 0.15) is 12.4 Å². The van der Waals surface area contributed by atoms with E-state index in [-0.39, 0.29) is 36.1 Å². The summed E-state index contributed by atoms with van der Waals surface area (Å²) in [5, 5.41) is 5.77. The van der Waals surface area contributed by atoms with Crippen LogP contribution in [0.15, 0.2) is 30.3 Å². The molecule has 2 aromatic rings. The fourth-order valence-corrected chi connectivity index (χ4v) is 4.82. The van der Waals surface area contributed by atoms with E-state index in [4.69, 9.17) is 16.3 Å². The number of anilines is 1. The summed E-state index contributed by atoms with van der Waals surface area (Å²) in [4.78, 5) is 39.0. The molecule has 2 heterocycles. The highest BCUT2D eigenvalue weighted by Gasteiger charge is 2.31. The van der Waals surface area contributed by atoms with Gasteiger partial charge in [-0.05, 0) is 49.6 Å². The average Bonchev–Trinajstić information content (AvgIpc) is 3.37. The first-order valence-corrected chi connectivity index (χ1v) is 11.2. The highest BCUT2D eigenvalue weighted by Crippen LogP contribution is 2.25. The van der Waals surface area contributed by atoms with Gasteiger partial charge in [0.05, 0.1) is 21.4 Å². The molecule has 3 amide bonds. The molecular formula is C21H21ClFN3O4S. The molecule has 2 aliphatic rings. The molecule has 31 heavy (non-hydrogen) atoms. The first-order chi connectivity index (χ1) is 14.9. The Hall–Kier alpha value is -2.49. The van der Waals surface area contributed by atoms with E-state index in [9.17, 15) is 18.8 Å². The minimum absolute atomic E-state index is 0.0453. The summed E-state index contributed by atoms with van der Waals surface area (Å²) >= 11 is 7.08. The SMILES string of the molecule is O=C(N[C@@H]1CCC[C@@H]1NC(=O)c1ccc(N2CCOCC2=O)cc1F)c1ccc(Cl)s1. The minimum atomic E-state index is -0.707. The van der Waals surface area contributed by atoms with Crippen LogP contribution >= 0.6 is 22.9 Å². The summed E-state index contributed by atoms with van der Waals surface area (Å²) in [5.74, 6) is -1.75. The normalized spacial score (nSPS) is 21.2. The van der Waals surface area contributed by atoms with Crippen LogP contribution in [0.4, 0.5) is 10.1 Å². The lowest BCUT2D eigenvalue weighted by molar-refractivity contribution is -0.125. The van der Waals surface area contributed by atoms with Crippen LogP contribution in [-0.2, 0) is 9.53 Å². The third-order valence-electron chi connectivity index (χ3n) is 5.44. The van der Waals surface area contributed by atoms with Gasteiger partial charge in [-0.2, -0.15) is 0 Å². The molecule has 7 nitrogen and oxygen atoms in total. The summed E-state index contributed by atoms with van der Waals surface area (Å²) in [6.07, 6.45) is 2.24. The number of ether oxygens (including phenoxy) is 1. The largest absolute Gasteiger partial charge is 0.370 e. The molecule has 164 valence electrons. The lowest BCUT2D eigenvalue weighted by Crippen LogP contribution is -2.48. The molecule has 2 fully saturated rings. The molecule has 2 N–H and O–H groups in total. The lowest BCUT2D eigenvalue weighted by Gasteiger charge is -2.27. The van der Waals surface area contributed by atoms with Gasteiger partial charge in [0.25, 0.3) is 17.7 Å². The van der Waals surface area contributed by atoms with Gasteiger partial charge >= 0.3 is 0 Å². The van der Waals surface area contributed by atoms with Crippen molar-refractivity contribution >= 4 is 46.3 Å². The average molecular weight is 466 g/mol. The van der Waals surface area contributed by atoms with Crippen LogP contribution in [0.1, 0.15) is 39.3 Å². The van der Waals surface area contributed by atoms with Crippen molar-refractivity contribution in [3.05, 3.63) is 50.9 Å². The Morgan fingerprint density at radius 1 is 1.13 bits per heavy atom. The Morgan fingerprint density at radius 3 is 2.52 bits per heavy atom. The van der Waals surface area contributed by atoms with Crippen molar-refractivity contribution in [2.24, 2.45) is 0 Å². The molecule has 2 atom stereocenters. The van der Waals surface area contributed by atoms with E-state index in [1.807, 2.05) is 0 Å². The predicted octanol–water partition coefficient (Wildman–Crippen LogP) is 2.98. The number of carbonyl (C=O) groups excluding carboxylic acids is 3. The molecule has 0 unspecified atom stereocenters. The van der Waals surface area contributed by atoms with Gasteiger partial charge in [0.2, 0.25) is 0 Å². The van der Waals surface area contributed by atoms with Crippen LogP contribution in [0.25, 0.3) is 0 Å². The van der Waals surface area contributed by atoms with Gasteiger partial charge < -0.3 is 20.3 Å². The molecule has 10 heteroatoms. The van der Waals surface area contributed by atoms with Crippen molar-refractivity contribution in [3.8, 4) is 0 Å². The van der Waals surface area contributed by atoms with Crippen LogP contribution < -0.4 is 15.5 Å². The fourth-order valence-electron chi connectivity index (χ4n) is 3.87. The number of nitrogens with zero attached hydrogens (tertiary/aromatic N) is 1. The standard InChI is InChI=1S/C21H21ClFN3O4S/c22-18-7-6-17(31-18)21(29)25-16-3-1-2-15(16)24-20(28)13-5-4-12(10-14(13)23)26-8-9-30-11-19(26)27/h4-7,10,15-16H,1-3,8-9,11H2,(H,24,28)(H,25,29)/t15-,16+/m0/s1. The molecule has 4 rings (SSSR count). The zero-order valence-electron chi connectivity index (χ0n) is 16.5. The van der Waals surface area contributed by atoms with Crippen molar-refractivity contribution in [2.45, 2.75) is 31.3 Å². The molecule has 1 aliphatic heterocycles. The number of thiophene rings is 1. The molecule has 0 bridgehead atoms. The Bertz CT molecular complexity index is 1010. The second-order valence-electron chi connectivity index (χ2n) is 7.46. The maximum Gasteiger partial charge on any atom is 0.261 e. The van der Waals surface area contributed by atoms with Crippen LogP contribution in [-0.4, -0.2) is 49.6 Å². The Morgan fingerprint density at radius 2 is 1.87 bits per heavy atom. The van der Waals surface area contributed by atoms with Crippen molar-refractivity contribution in [3.63, 3.8) is 0 Å². The van der Waals surface area contributed by atoms with Crippen LogP contribution in [0.2, 0.25) is 4.34 Å². The summed E-state index contributed by atoms with van der Waals surface area (Å²) in [6.45, 7) is 0.668. The summed E-state index contributed by atoms with van der Waals surface area (Å²) in [5.41, 5.74) is 0.287. The Kier molecular flexibility index (Phi) is 6.54. The number of morpholine rings is 1. The number of halogens is 2. The van der Waals surface area contributed by atoms with Crippen LogP contribution in [0, 0.1) is 5.82 Å². The van der Waals surface area contributed by atoms with Crippen LogP contribution in [0.5, 0.6) is 0 Å². The van der Waals surface area contributed by atoms with E-state index in [2.05, 4.69) is 10.6 Å². The van der Waals surface area contributed by atoms with Gasteiger partial charge in [-0.1, -0.05) is 11.6 Å². The Balaban J connectivity index is 1.41. The zero-order chi connectivity index (χ0) is 22.0. The highest BCUT2D eigenvalue weighted by atomic mass is 35.5. The third-order valence-corrected chi connectivity index (χ3v) is 6.67. The monoisotopic (exact) mass is 465 g/mol. The molecular weight excluding hydrogens is 445 g/mol. The maximum atomic E-state index is 14.7. The predicted molar refractivity (Wildman–Crippen MR) is 115 cm³/mol. The fraction of sp³-hybridized carbons (Fsp3) is 0.381. The number of benzene rings is 1. The second-order valence-corrected chi connectivity index (χ2v) is 9.17. The van der Waals surface area contributed by atoms with Gasteiger partial charge in [-0.25, -0.2) is 4.39 Å². The summed E-state index contributed by atoms with van der Waals surface area (Å²) < 4.78 is 20.3.